The molecule has 138 valence electrons. The first kappa shape index (κ1) is 17.5. The van der Waals surface area contributed by atoms with Gasteiger partial charge in [-0.25, -0.2) is 4.39 Å². The molecule has 0 aromatic heterocycles. The molecule has 2 bridgehead atoms. The van der Waals surface area contributed by atoms with Crippen LogP contribution in [0.3, 0.4) is 0 Å². The molecule has 5 rings (SSSR count). The summed E-state index contributed by atoms with van der Waals surface area (Å²) in [6, 6.07) is 5.45. The predicted octanol–water partition coefficient (Wildman–Crippen LogP) is 4.05. The topological polar surface area (TPSA) is 46.5 Å². The van der Waals surface area contributed by atoms with Gasteiger partial charge >= 0.3 is 5.97 Å². The molecule has 2 unspecified atom stereocenters. The van der Waals surface area contributed by atoms with Crippen molar-refractivity contribution >= 4 is 5.97 Å². The number of rotatable bonds is 3. The van der Waals surface area contributed by atoms with Gasteiger partial charge in [0.15, 0.2) is 0 Å². The van der Waals surface area contributed by atoms with E-state index in [4.69, 9.17) is 4.74 Å². The Morgan fingerprint density at radius 2 is 1.96 bits per heavy atom. The van der Waals surface area contributed by atoms with Crippen LogP contribution in [-0.2, 0) is 9.53 Å². The number of ether oxygens (including phenoxy) is 1. The van der Waals surface area contributed by atoms with Crippen LogP contribution in [0.25, 0.3) is 0 Å². The molecule has 0 amide bonds. The Morgan fingerprint density at radius 1 is 1.19 bits per heavy atom. The van der Waals surface area contributed by atoms with Gasteiger partial charge in [-0.15, -0.1) is 0 Å². The van der Waals surface area contributed by atoms with Crippen molar-refractivity contribution in [3.05, 3.63) is 59.4 Å². The van der Waals surface area contributed by atoms with E-state index in [2.05, 4.69) is 18.2 Å². The van der Waals surface area contributed by atoms with E-state index in [9.17, 15) is 14.3 Å². The second kappa shape index (κ2) is 6.99. The van der Waals surface area contributed by atoms with Crippen LogP contribution in [0.5, 0.6) is 0 Å². The molecule has 3 nitrogen and oxygen atoms in total. The zero-order valence-electron chi connectivity index (χ0n) is 15.0. The summed E-state index contributed by atoms with van der Waals surface area (Å²) in [5, 5.41) is 9.80. The Balaban J connectivity index is 1.60. The van der Waals surface area contributed by atoms with Crippen LogP contribution in [0.15, 0.2) is 42.5 Å². The molecular weight excluding hydrogens is 331 g/mol. The largest absolute Gasteiger partial charge is 0.458 e. The molecule has 6 atom stereocenters. The van der Waals surface area contributed by atoms with Crippen LogP contribution in [0.2, 0.25) is 0 Å². The van der Waals surface area contributed by atoms with Crippen molar-refractivity contribution < 1.29 is 19.0 Å². The molecule has 1 aliphatic heterocycles. The highest BCUT2D eigenvalue weighted by molar-refractivity contribution is 5.71. The number of fused-ring (bicyclic) bond motifs is 2. The molecular formula is C22H25FO3. The number of hydrogen-bond donors (Lipinski definition) is 1. The van der Waals surface area contributed by atoms with Crippen molar-refractivity contribution in [1.82, 2.24) is 0 Å². The van der Waals surface area contributed by atoms with Crippen LogP contribution in [0.4, 0.5) is 4.39 Å². The third-order valence-electron chi connectivity index (χ3n) is 6.11. The fraction of sp³-hybridized carbons (Fsp3) is 0.500. The Morgan fingerprint density at radius 3 is 2.65 bits per heavy atom. The highest BCUT2D eigenvalue weighted by Gasteiger charge is 2.40. The number of benzene rings is 1. The lowest BCUT2D eigenvalue weighted by atomic mass is 9.60. The third-order valence-corrected chi connectivity index (χ3v) is 6.11. The first-order valence-electron chi connectivity index (χ1n) is 9.51. The van der Waals surface area contributed by atoms with E-state index < -0.39 is 6.10 Å². The average Bonchev–Trinajstić information content (AvgIpc) is 2.62. The van der Waals surface area contributed by atoms with Gasteiger partial charge in [0.1, 0.15) is 11.9 Å². The standard InChI is InChI=1S/C22H25FO3/c1-13-10-16(6-9-20(13)23)22-15-4-2-14(3-5-15)19(22)8-7-18-11-17(24)12-21(25)26-18/h2,4,6-10,14-15,17-19,22,24H,3,5,11-12H2,1H3/t14-,15?,17+,18+,19?,22-/m0/s1. The number of hydrogen-bond acceptors (Lipinski definition) is 3. The first-order valence-corrected chi connectivity index (χ1v) is 9.51. The van der Waals surface area contributed by atoms with E-state index >= 15 is 0 Å². The number of cyclic esters (lactones) is 1. The van der Waals surface area contributed by atoms with Crippen molar-refractivity contribution in [1.29, 1.82) is 0 Å². The SMILES string of the molecule is Cc1cc([C@@H]2C3C=C[C@@H](CC3)C2C=C[C@@H]2C[C@@H](O)CC(=O)O2)ccc1F. The predicted molar refractivity (Wildman–Crippen MR) is 97.0 cm³/mol. The van der Waals surface area contributed by atoms with Gasteiger partial charge in [-0.1, -0.05) is 30.4 Å². The summed E-state index contributed by atoms with van der Waals surface area (Å²) in [6.07, 6.45) is 10.6. The lowest BCUT2D eigenvalue weighted by molar-refractivity contribution is -0.156. The van der Waals surface area contributed by atoms with Gasteiger partial charge in [0.25, 0.3) is 0 Å². The number of allylic oxidation sites excluding steroid dienone is 3. The molecule has 26 heavy (non-hydrogen) atoms. The fourth-order valence-corrected chi connectivity index (χ4v) is 4.82. The van der Waals surface area contributed by atoms with Crippen molar-refractivity contribution in [2.24, 2.45) is 17.8 Å². The summed E-state index contributed by atoms with van der Waals surface area (Å²) < 4.78 is 19.1. The molecule has 2 fully saturated rings. The number of carbonyl (C=O) groups is 1. The molecule has 4 aliphatic rings. The average molecular weight is 356 g/mol. The van der Waals surface area contributed by atoms with Crippen LogP contribution in [-0.4, -0.2) is 23.3 Å². The Bertz CT molecular complexity index is 754. The molecule has 3 aliphatic carbocycles. The van der Waals surface area contributed by atoms with Gasteiger partial charge in [0.2, 0.25) is 0 Å². The van der Waals surface area contributed by atoms with E-state index in [1.807, 2.05) is 25.1 Å². The van der Waals surface area contributed by atoms with Gasteiger partial charge in [-0.2, -0.15) is 0 Å². The van der Waals surface area contributed by atoms with Crippen molar-refractivity contribution in [2.75, 3.05) is 0 Å². The Kier molecular flexibility index (Phi) is 4.70. The molecule has 1 N–H and O–H groups in total. The van der Waals surface area contributed by atoms with E-state index in [1.165, 1.54) is 5.56 Å². The second-order valence-corrected chi connectivity index (χ2v) is 7.91. The fourth-order valence-electron chi connectivity index (χ4n) is 4.82. The number of aliphatic hydroxyl groups excluding tert-OH is 1. The third kappa shape index (κ3) is 3.35. The number of esters is 1. The number of aryl methyl sites for hydroxylation is 1. The minimum absolute atomic E-state index is 0.0820. The maximum Gasteiger partial charge on any atom is 0.309 e. The van der Waals surface area contributed by atoms with Gasteiger partial charge in [0, 0.05) is 6.42 Å². The first-order chi connectivity index (χ1) is 12.5. The summed E-state index contributed by atoms with van der Waals surface area (Å²) in [4.78, 5) is 11.6. The summed E-state index contributed by atoms with van der Waals surface area (Å²) in [7, 11) is 0. The van der Waals surface area contributed by atoms with E-state index in [-0.39, 0.29) is 24.3 Å². The van der Waals surface area contributed by atoms with Crippen molar-refractivity contribution in [3.63, 3.8) is 0 Å². The molecule has 1 saturated carbocycles. The summed E-state index contributed by atoms with van der Waals surface area (Å²) >= 11 is 0. The summed E-state index contributed by atoms with van der Waals surface area (Å²) in [6.45, 7) is 1.81. The van der Waals surface area contributed by atoms with Crippen LogP contribution >= 0.6 is 0 Å². The number of carbonyl (C=O) groups excluding carboxylic acids is 1. The van der Waals surface area contributed by atoms with Crippen LogP contribution in [0, 0.1) is 30.5 Å². The highest BCUT2D eigenvalue weighted by Crippen LogP contribution is 2.50. The number of aliphatic hydroxyl groups is 1. The second-order valence-electron chi connectivity index (χ2n) is 7.91. The Labute approximate surface area is 153 Å². The van der Waals surface area contributed by atoms with E-state index in [1.54, 1.807) is 6.07 Å². The van der Waals surface area contributed by atoms with Crippen molar-refractivity contribution in [3.8, 4) is 0 Å². The smallest absolute Gasteiger partial charge is 0.309 e. The lowest BCUT2D eigenvalue weighted by Crippen LogP contribution is -2.35. The molecule has 0 spiro atoms. The molecule has 1 heterocycles. The monoisotopic (exact) mass is 356 g/mol. The normalized spacial score (nSPS) is 36.5. The van der Waals surface area contributed by atoms with Gasteiger partial charge in [-0.05, 0) is 66.7 Å². The molecule has 4 heteroatoms. The minimum atomic E-state index is -0.621. The highest BCUT2D eigenvalue weighted by atomic mass is 19.1. The lowest BCUT2D eigenvalue weighted by Gasteiger charge is -2.44. The van der Waals surface area contributed by atoms with E-state index in [0.29, 0.717) is 35.7 Å². The molecule has 0 radical (unpaired) electrons. The quantitative estimate of drug-likeness (QED) is 0.656. The maximum absolute atomic E-state index is 13.7. The summed E-state index contributed by atoms with van der Waals surface area (Å²) in [5.41, 5.74) is 1.86. The van der Waals surface area contributed by atoms with Gasteiger partial charge in [0.05, 0.1) is 12.5 Å². The zero-order chi connectivity index (χ0) is 18.3. The number of halogens is 1. The summed E-state index contributed by atoms with van der Waals surface area (Å²) in [5.74, 6) is 1.03. The Hall–Kier alpha value is -1.94. The van der Waals surface area contributed by atoms with Gasteiger partial charge < -0.3 is 9.84 Å². The van der Waals surface area contributed by atoms with Crippen molar-refractivity contribution in [2.45, 2.75) is 50.7 Å². The molecule has 1 aromatic carbocycles. The minimum Gasteiger partial charge on any atom is -0.458 e. The van der Waals surface area contributed by atoms with Gasteiger partial charge in [-0.3, -0.25) is 4.79 Å². The zero-order valence-corrected chi connectivity index (χ0v) is 15.0. The molecule has 1 aromatic rings. The van der Waals surface area contributed by atoms with Crippen LogP contribution in [0.1, 0.15) is 42.7 Å². The molecule has 1 saturated heterocycles. The van der Waals surface area contributed by atoms with Crippen LogP contribution < -0.4 is 0 Å². The maximum atomic E-state index is 13.7. The van der Waals surface area contributed by atoms with E-state index in [0.717, 1.165) is 12.8 Å².